The molecule has 0 aliphatic carbocycles. The highest BCUT2D eigenvalue weighted by atomic mass is 16.3. The first-order chi connectivity index (χ1) is 27.3. The van der Waals surface area contributed by atoms with Crippen molar-refractivity contribution in [2.45, 2.75) is 0 Å². The third-order valence-corrected chi connectivity index (χ3v) is 11.0. The average Bonchev–Trinajstić information content (AvgIpc) is 3.81. The molecule has 2 heterocycles. The van der Waals surface area contributed by atoms with Gasteiger partial charge in [0.15, 0.2) is 0 Å². The van der Waals surface area contributed by atoms with Crippen molar-refractivity contribution in [3.63, 3.8) is 0 Å². The van der Waals surface area contributed by atoms with Crippen molar-refractivity contribution in [2.24, 2.45) is 0 Å². The van der Waals surface area contributed by atoms with Crippen LogP contribution in [0.2, 0.25) is 0 Å². The lowest BCUT2D eigenvalue weighted by Crippen LogP contribution is -2.09. The van der Waals surface area contributed by atoms with Gasteiger partial charge in [0.1, 0.15) is 11.2 Å². The lowest BCUT2D eigenvalue weighted by atomic mass is 9.99. The zero-order valence-corrected chi connectivity index (χ0v) is 29.9. The standard InChI is InChI=1S/C52H34N2O/c1-2-12-38-34-43(32-25-35(38)11-1)53(41-30-26-37(27-31-41)44-18-10-22-51-52(44)47-17-5-8-21-50(47)55-51)40-28-23-36(24-29-40)39-13-9-14-42(33-39)54-48-19-6-3-15-45(48)46-16-4-7-20-49(46)54/h1-34H. The number of aromatic nitrogens is 1. The van der Waals surface area contributed by atoms with Crippen LogP contribution in [0.1, 0.15) is 0 Å². The van der Waals surface area contributed by atoms with Crippen LogP contribution >= 0.6 is 0 Å². The van der Waals surface area contributed by atoms with Crippen molar-refractivity contribution in [2.75, 3.05) is 4.90 Å². The second kappa shape index (κ2) is 12.6. The number of benzene rings is 9. The Morgan fingerprint density at radius 3 is 1.69 bits per heavy atom. The van der Waals surface area contributed by atoms with E-state index in [0.29, 0.717) is 0 Å². The van der Waals surface area contributed by atoms with Crippen LogP contribution in [0.3, 0.4) is 0 Å². The highest BCUT2D eigenvalue weighted by Gasteiger charge is 2.17. The van der Waals surface area contributed by atoms with Crippen molar-refractivity contribution >= 4 is 71.6 Å². The second-order valence-corrected chi connectivity index (χ2v) is 14.2. The molecule has 3 nitrogen and oxygen atoms in total. The van der Waals surface area contributed by atoms with Crippen molar-refractivity contribution < 1.29 is 4.42 Å². The van der Waals surface area contributed by atoms with Crippen LogP contribution in [-0.4, -0.2) is 4.57 Å². The first-order valence-electron chi connectivity index (χ1n) is 18.8. The molecule has 0 amide bonds. The quantitative estimate of drug-likeness (QED) is 0.172. The van der Waals surface area contributed by atoms with Gasteiger partial charge in [0.25, 0.3) is 0 Å². The molecular weight excluding hydrogens is 669 g/mol. The first-order valence-corrected chi connectivity index (χ1v) is 18.8. The minimum Gasteiger partial charge on any atom is -0.456 e. The number of fused-ring (bicyclic) bond motifs is 7. The summed E-state index contributed by atoms with van der Waals surface area (Å²) in [5.41, 5.74) is 13.3. The average molecular weight is 703 g/mol. The summed E-state index contributed by atoms with van der Waals surface area (Å²) in [6, 6.07) is 74.0. The molecule has 0 N–H and O–H groups in total. The largest absolute Gasteiger partial charge is 0.456 e. The summed E-state index contributed by atoms with van der Waals surface area (Å²) in [4.78, 5) is 2.35. The summed E-state index contributed by atoms with van der Waals surface area (Å²) < 4.78 is 8.60. The monoisotopic (exact) mass is 702 g/mol. The van der Waals surface area contributed by atoms with Crippen LogP contribution in [0.5, 0.6) is 0 Å². The van der Waals surface area contributed by atoms with Gasteiger partial charge in [0.2, 0.25) is 0 Å². The van der Waals surface area contributed by atoms with Crippen molar-refractivity contribution in [1.29, 1.82) is 0 Å². The van der Waals surface area contributed by atoms with Gasteiger partial charge in [-0.25, -0.2) is 0 Å². The number of para-hydroxylation sites is 3. The number of nitrogens with zero attached hydrogens (tertiary/aromatic N) is 2. The van der Waals surface area contributed by atoms with E-state index in [2.05, 4.69) is 204 Å². The smallest absolute Gasteiger partial charge is 0.136 e. The van der Waals surface area contributed by atoms with Crippen LogP contribution in [0.25, 0.3) is 82.5 Å². The number of rotatable bonds is 6. The number of hydrogen-bond acceptors (Lipinski definition) is 2. The molecule has 0 aliphatic heterocycles. The fourth-order valence-corrected chi connectivity index (χ4v) is 8.40. The van der Waals surface area contributed by atoms with E-state index in [4.69, 9.17) is 4.42 Å². The van der Waals surface area contributed by atoms with Crippen molar-refractivity contribution in [1.82, 2.24) is 4.57 Å². The number of furan rings is 1. The highest BCUT2D eigenvalue weighted by Crippen LogP contribution is 2.41. The van der Waals surface area contributed by atoms with Gasteiger partial charge in [-0.2, -0.15) is 0 Å². The maximum absolute atomic E-state index is 6.22. The minimum absolute atomic E-state index is 0.904. The van der Waals surface area contributed by atoms with Crippen LogP contribution in [-0.2, 0) is 0 Å². The Bertz CT molecular complexity index is 3150. The van der Waals surface area contributed by atoms with Gasteiger partial charge < -0.3 is 13.9 Å². The lowest BCUT2D eigenvalue weighted by Gasteiger charge is -2.26. The Hall–Kier alpha value is -7.36. The molecule has 11 aromatic rings. The van der Waals surface area contributed by atoms with Gasteiger partial charge in [-0.15, -0.1) is 0 Å². The van der Waals surface area contributed by atoms with Gasteiger partial charge in [-0.1, -0.05) is 133 Å². The van der Waals surface area contributed by atoms with Gasteiger partial charge in [0.05, 0.1) is 11.0 Å². The van der Waals surface area contributed by atoms with Gasteiger partial charge in [0, 0.05) is 44.3 Å². The Morgan fingerprint density at radius 1 is 0.364 bits per heavy atom. The molecule has 55 heavy (non-hydrogen) atoms. The fourth-order valence-electron chi connectivity index (χ4n) is 8.40. The predicted molar refractivity (Wildman–Crippen MR) is 231 cm³/mol. The molecule has 0 fully saturated rings. The molecule has 0 saturated carbocycles. The van der Waals surface area contributed by atoms with Gasteiger partial charge >= 0.3 is 0 Å². The molecule has 11 rings (SSSR count). The zero-order chi connectivity index (χ0) is 36.3. The Kier molecular flexibility index (Phi) is 7.17. The van der Waals surface area contributed by atoms with Crippen LogP contribution in [0.15, 0.2) is 211 Å². The van der Waals surface area contributed by atoms with Crippen molar-refractivity contribution in [3.8, 4) is 27.9 Å². The molecule has 3 heteroatoms. The summed E-state index contributed by atoms with van der Waals surface area (Å²) in [7, 11) is 0. The SMILES string of the molecule is c1cc(-c2ccc(N(c3ccc(-c4cccc5oc6ccccc6c45)cc3)c3ccc4ccccc4c3)cc2)cc(-n2c3ccccc3c3ccccc32)c1. The summed E-state index contributed by atoms with van der Waals surface area (Å²) >= 11 is 0. The lowest BCUT2D eigenvalue weighted by molar-refractivity contribution is 0.669. The Morgan fingerprint density at radius 2 is 0.945 bits per heavy atom. The normalized spacial score (nSPS) is 11.6. The fraction of sp³-hybridized carbons (Fsp3) is 0. The molecular formula is C52H34N2O. The van der Waals surface area contributed by atoms with E-state index < -0.39 is 0 Å². The van der Waals surface area contributed by atoms with E-state index in [9.17, 15) is 0 Å². The molecule has 0 saturated heterocycles. The van der Waals surface area contributed by atoms with Crippen LogP contribution in [0, 0.1) is 0 Å². The van der Waals surface area contributed by atoms with E-state index in [1.807, 2.05) is 12.1 Å². The third-order valence-electron chi connectivity index (χ3n) is 11.0. The topological polar surface area (TPSA) is 21.3 Å². The third kappa shape index (κ3) is 5.20. The Labute approximate surface area is 318 Å². The Balaban J connectivity index is 0.992. The molecule has 0 aliphatic rings. The van der Waals surface area contributed by atoms with Crippen LogP contribution in [0.4, 0.5) is 17.1 Å². The number of anilines is 3. The van der Waals surface area contributed by atoms with E-state index in [0.717, 1.165) is 50.3 Å². The van der Waals surface area contributed by atoms with E-state index in [-0.39, 0.29) is 0 Å². The molecule has 2 aromatic heterocycles. The van der Waals surface area contributed by atoms with Gasteiger partial charge in [-0.05, 0) is 106 Å². The highest BCUT2D eigenvalue weighted by molar-refractivity contribution is 6.12. The summed E-state index contributed by atoms with van der Waals surface area (Å²) in [6.07, 6.45) is 0. The summed E-state index contributed by atoms with van der Waals surface area (Å²) in [5.74, 6) is 0. The molecule has 0 bridgehead atoms. The summed E-state index contributed by atoms with van der Waals surface area (Å²) in [6.45, 7) is 0. The molecule has 258 valence electrons. The van der Waals surface area contributed by atoms with Gasteiger partial charge in [-0.3, -0.25) is 0 Å². The van der Waals surface area contributed by atoms with Crippen molar-refractivity contribution in [3.05, 3.63) is 206 Å². The van der Waals surface area contributed by atoms with E-state index in [1.54, 1.807) is 0 Å². The first kappa shape index (κ1) is 31.2. The summed E-state index contributed by atoms with van der Waals surface area (Å²) in [5, 5.41) is 7.24. The minimum atomic E-state index is 0.904. The maximum atomic E-state index is 6.22. The molecule has 0 atom stereocenters. The predicted octanol–water partition coefficient (Wildman–Crippen LogP) is 14.6. The number of hydrogen-bond donors (Lipinski definition) is 0. The van der Waals surface area contributed by atoms with E-state index >= 15 is 0 Å². The molecule has 9 aromatic carbocycles. The van der Waals surface area contributed by atoms with E-state index in [1.165, 1.54) is 49.3 Å². The second-order valence-electron chi connectivity index (χ2n) is 14.2. The molecule has 0 spiro atoms. The zero-order valence-electron chi connectivity index (χ0n) is 29.9. The molecule has 0 radical (unpaired) electrons. The maximum Gasteiger partial charge on any atom is 0.136 e. The van der Waals surface area contributed by atoms with Crippen LogP contribution < -0.4 is 4.90 Å². The molecule has 0 unspecified atom stereocenters.